The van der Waals surface area contributed by atoms with Crippen LogP contribution in [0.2, 0.25) is 0 Å². The molecule has 0 aromatic carbocycles. The molecular weight excluding hydrogens is 364 g/mol. The van der Waals surface area contributed by atoms with E-state index in [0.717, 1.165) is 29.5 Å². The molecule has 0 saturated heterocycles. The number of rotatable bonds is 7. The molecule has 0 fully saturated rings. The molecule has 22 heavy (non-hydrogen) atoms. The first-order chi connectivity index (χ1) is 10.3. The highest BCUT2D eigenvalue weighted by atomic mass is 79.9. The lowest BCUT2D eigenvalue weighted by atomic mass is 10.1. The molecule has 0 saturated carbocycles. The molecule has 1 amide bonds. The van der Waals surface area contributed by atoms with Crippen LogP contribution in [0, 0.1) is 0 Å². The quantitative estimate of drug-likeness (QED) is 0.526. The summed E-state index contributed by atoms with van der Waals surface area (Å²) < 4.78 is 6.25. The SMILES string of the molecule is C[C@H](CCCCSc1cncc(Br)c1)NC(=O)OC(C)(C)C. The first-order valence-electron chi connectivity index (χ1n) is 7.49. The molecule has 0 aliphatic carbocycles. The standard InChI is InChI=1S/C16H25BrN2O2S/c1-12(19-15(20)21-16(2,3)4)7-5-6-8-22-14-9-13(17)10-18-11-14/h9-12H,5-8H2,1-4H3,(H,19,20)/t12-/m1/s1. The Morgan fingerprint density at radius 1 is 1.41 bits per heavy atom. The number of thioether (sulfide) groups is 1. The van der Waals surface area contributed by atoms with Gasteiger partial charge in [-0.25, -0.2) is 4.79 Å². The van der Waals surface area contributed by atoms with E-state index in [-0.39, 0.29) is 12.1 Å². The van der Waals surface area contributed by atoms with Crippen molar-refractivity contribution >= 4 is 33.8 Å². The highest BCUT2D eigenvalue weighted by molar-refractivity contribution is 9.10. The summed E-state index contributed by atoms with van der Waals surface area (Å²) in [5, 5.41) is 2.87. The Hall–Kier alpha value is -0.750. The number of alkyl carbamates (subject to hydrolysis) is 1. The van der Waals surface area contributed by atoms with Gasteiger partial charge in [-0.3, -0.25) is 4.98 Å². The van der Waals surface area contributed by atoms with Gasteiger partial charge in [0.25, 0.3) is 0 Å². The van der Waals surface area contributed by atoms with E-state index in [1.54, 1.807) is 18.0 Å². The number of hydrogen-bond acceptors (Lipinski definition) is 4. The van der Waals surface area contributed by atoms with E-state index in [4.69, 9.17) is 4.74 Å². The van der Waals surface area contributed by atoms with Crippen LogP contribution in [0.4, 0.5) is 4.79 Å². The molecule has 124 valence electrons. The second-order valence-electron chi connectivity index (χ2n) is 6.23. The average Bonchev–Trinajstić information content (AvgIpc) is 2.35. The zero-order valence-corrected chi connectivity index (χ0v) is 16.1. The van der Waals surface area contributed by atoms with Crippen LogP contribution in [0.15, 0.2) is 27.8 Å². The number of halogens is 1. The molecule has 1 aromatic rings. The Kier molecular flexibility index (Phi) is 8.25. The lowest BCUT2D eigenvalue weighted by molar-refractivity contribution is 0.0506. The lowest BCUT2D eigenvalue weighted by Gasteiger charge is -2.21. The number of nitrogens with zero attached hydrogens (tertiary/aromatic N) is 1. The monoisotopic (exact) mass is 388 g/mol. The minimum absolute atomic E-state index is 0.132. The smallest absolute Gasteiger partial charge is 0.407 e. The van der Waals surface area contributed by atoms with Gasteiger partial charge >= 0.3 is 6.09 Å². The van der Waals surface area contributed by atoms with Crippen LogP contribution in [0.3, 0.4) is 0 Å². The molecule has 1 aromatic heterocycles. The maximum absolute atomic E-state index is 11.6. The van der Waals surface area contributed by atoms with E-state index in [2.05, 4.69) is 32.3 Å². The number of amides is 1. The van der Waals surface area contributed by atoms with Gasteiger partial charge in [0.2, 0.25) is 0 Å². The first-order valence-corrected chi connectivity index (χ1v) is 9.27. The average molecular weight is 389 g/mol. The third kappa shape index (κ3) is 9.30. The molecule has 1 heterocycles. The molecular formula is C16H25BrN2O2S. The summed E-state index contributed by atoms with van der Waals surface area (Å²) in [5.74, 6) is 1.05. The van der Waals surface area contributed by atoms with Gasteiger partial charge in [-0.05, 0) is 68.3 Å². The van der Waals surface area contributed by atoms with Gasteiger partial charge in [-0.15, -0.1) is 11.8 Å². The van der Waals surface area contributed by atoms with Crippen molar-refractivity contribution in [3.8, 4) is 0 Å². The maximum atomic E-state index is 11.6. The highest BCUT2D eigenvalue weighted by Gasteiger charge is 2.17. The number of ether oxygens (including phenoxy) is 1. The van der Waals surface area contributed by atoms with Crippen LogP contribution in [0.1, 0.15) is 47.0 Å². The van der Waals surface area contributed by atoms with Crippen molar-refractivity contribution < 1.29 is 9.53 Å². The third-order valence-electron chi connectivity index (χ3n) is 2.74. The zero-order chi connectivity index (χ0) is 16.6. The number of carbonyl (C=O) groups excluding carboxylic acids is 1. The molecule has 0 unspecified atom stereocenters. The molecule has 1 rings (SSSR count). The van der Waals surface area contributed by atoms with Gasteiger partial charge in [0.05, 0.1) is 0 Å². The Bertz CT molecular complexity index is 477. The summed E-state index contributed by atoms with van der Waals surface area (Å²) in [6.45, 7) is 7.61. The van der Waals surface area contributed by atoms with Gasteiger partial charge < -0.3 is 10.1 Å². The van der Waals surface area contributed by atoms with E-state index in [1.165, 1.54) is 4.90 Å². The van der Waals surface area contributed by atoms with Gasteiger partial charge in [0.15, 0.2) is 0 Å². The Balaban J connectivity index is 2.12. The van der Waals surface area contributed by atoms with Crippen molar-refractivity contribution in [1.82, 2.24) is 10.3 Å². The van der Waals surface area contributed by atoms with Crippen molar-refractivity contribution in [2.24, 2.45) is 0 Å². The number of carbonyl (C=O) groups is 1. The number of unbranched alkanes of at least 4 members (excludes halogenated alkanes) is 1. The van der Waals surface area contributed by atoms with Crippen LogP contribution in [-0.2, 0) is 4.74 Å². The second-order valence-corrected chi connectivity index (χ2v) is 8.31. The summed E-state index contributed by atoms with van der Waals surface area (Å²) in [7, 11) is 0. The van der Waals surface area contributed by atoms with Gasteiger partial charge in [-0.2, -0.15) is 0 Å². The molecule has 6 heteroatoms. The fraction of sp³-hybridized carbons (Fsp3) is 0.625. The van der Waals surface area contributed by atoms with E-state index in [0.29, 0.717) is 0 Å². The molecule has 0 spiro atoms. The maximum Gasteiger partial charge on any atom is 0.407 e. The Labute approximate surface area is 145 Å². The molecule has 4 nitrogen and oxygen atoms in total. The zero-order valence-electron chi connectivity index (χ0n) is 13.7. The molecule has 0 aliphatic heterocycles. The number of nitrogens with one attached hydrogen (secondary N) is 1. The molecule has 1 atom stereocenters. The van der Waals surface area contributed by atoms with Crippen molar-refractivity contribution in [3.63, 3.8) is 0 Å². The molecule has 1 N–H and O–H groups in total. The largest absolute Gasteiger partial charge is 0.444 e. The number of aromatic nitrogens is 1. The summed E-state index contributed by atoms with van der Waals surface area (Å²) >= 11 is 5.22. The van der Waals surface area contributed by atoms with E-state index < -0.39 is 5.60 Å². The Morgan fingerprint density at radius 3 is 2.77 bits per heavy atom. The van der Waals surface area contributed by atoms with Crippen molar-refractivity contribution in [2.45, 2.75) is 63.5 Å². The molecule has 0 aliphatic rings. The number of hydrogen-bond donors (Lipinski definition) is 1. The van der Waals surface area contributed by atoms with E-state index in [1.807, 2.05) is 33.9 Å². The van der Waals surface area contributed by atoms with E-state index in [9.17, 15) is 4.79 Å². The molecule has 0 radical (unpaired) electrons. The summed E-state index contributed by atoms with van der Waals surface area (Å²) in [6.07, 6.45) is 6.46. The number of pyridine rings is 1. The topological polar surface area (TPSA) is 51.2 Å². The fourth-order valence-corrected chi connectivity index (χ4v) is 3.24. The highest BCUT2D eigenvalue weighted by Crippen LogP contribution is 2.22. The summed E-state index contributed by atoms with van der Waals surface area (Å²) in [6, 6.07) is 2.21. The van der Waals surface area contributed by atoms with Crippen LogP contribution in [0.5, 0.6) is 0 Å². The second kappa shape index (κ2) is 9.40. The van der Waals surface area contributed by atoms with Crippen molar-refractivity contribution in [1.29, 1.82) is 0 Å². The van der Waals surface area contributed by atoms with Crippen LogP contribution >= 0.6 is 27.7 Å². The normalized spacial score (nSPS) is 12.8. The minimum atomic E-state index is -0.446. The predicted octanol–water partition coefficient (Wildman–Crippen LogP) is 5.02. The van der Waals surface area contributed by atoms with Gasteiger partial charge in [-0.1, -0.05) is 6.42 Å². The fourth-order valence-electron chi connectivity index (χ4n) is 1.79. The first kappa shape index (κ1) is 19.3. The summed E-state index contributed by atoms with van der Waals surface area (Å²) in [4.78, 5) is 16.9. The van der Waals surface area contributed by atoms with Crippen molar-refractivity contribution in [3.05, 3.63) is 22.9 Å². The predicted molar refractivity (Wildman–Crippen MR) is 95.3 cm³/mol. The van der Waals surface area contributed by atoms with E-state index >= 15 is 0 Å². The Morgan fingerprint density at radius 2 is 2.14 bits per heavy atom. The van der Waals surface area contributed by atoms with Crippen LogP contribution in [0.25, 0.3) is 0 Å². The van der Waals surface area contributed by atoms with Gasteiger partial charge in [0.1, 0.15) is 5.60 Å². The lowest BCUT2D eigenvalue weighted by Crippen LogP contribution is -2.37. The molecule has 0 bridgehead atoms. The summed E-state index contributed by atoms with van der Waals surface area (Å²) in [5.41, 5.74) is -0.446. The van der Waals surface area contributed by atoms with Crippen molar-refractivity contribution in [2.75, 3.05) is 5.75 Å². The van der Waals surface area contributed by atoms with Crippen LogP contribution in [-0.4, -0.2) is 28.5 Å². The minimum Gasteiger partial charge on any atom is -0.444 e. The third-order valence-corrected chi connectivity index (χ3v) is 4.23. The van der Waals surface area contributed by atoms with Crippen LogP contribution < -0.4 is 5.32 Å². The van der Waals surface area contributed by atoms with Gasteiger partial charge in [0, 0.05) is 27.8 Å².